The monoisotopic (exact) mass is 303 g/mol. The fraction of sp³-hybridized carbons (Fsp3) is 0.222. The minimum Gasteiger partial charge on any atom is -0.294 e. The molecule has 3 rings (SSSR count). The Labute approximate surface area is 133 Å². The molecule has 0 aromatic heterocycles. The molecule has 0 saturated carbocycles. The number of carbonyl (C=O) groups excluding carboxylic acids is 2. The fourth-order valence-electron chi connectivity index (χ4n) is 3.37. The van der Waals surface area contributed by atoms with Crippen LogP contribution in [0.15, 0.2) is 42.5 Å². The number of imide groups is 1. The average molecular weight is 303 g/mol. The van der Waals surface area contributed by atoms with Crippen molar-refractivity contribution in [3.05, 3.63) is 48.0 Å². The highest BCUT2D eigenvalue weighted by Crippen LogP contribution is 2.44. The molecular weight excluding hydrogens is 290 g/mol. The predicted octanol–water partition coefficient (Wildman–Crippen LogP) is 2.03. The van der Waals surface area contributed by atoms with Crippen LogP contribution in [-0.4, -0.2) is 11.8 Å². The van der Waals surface area contributed by atoms with Crippen LogP contribution >= 0.6 is 0 Å². The highest BCUT2D eigenvalue weighted by Gasteiger charge is 2.55. The van der Waals surface area contributed by atoms with E-state index in [0.717, 1.165) is 10.8 Å². The fourth-order valence-corrected chi connectivity index (χ4v) is 3.37. The minimum atomic E-state index is -1.20. The Morgan fingerprint density at radius 1 is 0.957 bits per heavy atom. The van der Waals surface area contributed by atoms with Crippen molar-refractivity contribution >= 4 is 22.6 Å². The van der Waals surface area contributed by atoms with Gasteiger partial charge in [-0.05, 0) is 16.3 Å². The van der Waals surface area contributed by atoms with Crippen molar-refractivity contribution in [3.8, 4) is 12.1 Å². The van der Waals surface area contributed by atoms with E-state index in [9.17, 15) is 20.1 Å². The summed E-state index contributed by atoms with van der Waals surface area (Å²) in [4.78, 5) is 24.3. The lowest BCUT2D eigenvalue weighted by Gasteiger charge is -2.40. The molecule has 0 spiro atoms. The molecule has 0 bridgehead atoms. The lowest BCUT2D eigenvalue weighted by molar-refractivity contribution is -0.140. The van der Waals surface area contributed by atoms with Crippen LogP contribution in [0.2, 0.25) is 0 Å². The Kier molecular flexibility index (Phi) is 3.35. The second-order valence-electron chi connectivity index (χ2n) is 5.79. The summed E-state index contributed by atoms with van der Waals surface area (Å²) in [5.41, 5.74) is -0.541. The van der Waals surface area contributed by atoms with Gasteiger partial charge in [0.1, 0.15) is 11.8 Å². The van der Waals surface area contributed by atoms with Gasteiger partial charge >= 0.3 is 0 Å². The van der Waals surface area contributed by atoms with E-state index in [1.165, 1.54) is 0 Å². The van der Waals surface area contributed by atoms with Gasteiger partial charge < -0.3 is 0 Å². The summed E-state index contributed by atoms with van der Waals surface area (Å²) in [6.07, 6.45) is 0. The summed E-state index contributed by atoms with van der Waals surface area (Å²) in [7, 11) is 0. The minimum absolute atomic E-state index is 0.653. The number of fused-ring (bicyclic) bond motifs is 1. The summed E-state index contributed by atoms with van der Waals surface area (Å²) in [5, 5.41) is 22.9. The van der Waals surface area contributed by atoms with Crippen LogP contribution in [0.25, 0.3) is 10.8 Å². The largest absolute Gasteiger partial charge is 0.294 e. The van der Waals surface area contributed by atoms with Crippen molar-refractivity contribution in [2.24, 2.45) is 11.8 Å². The lowest BCUT2D eigenvalue weighted by Crippen LogP contribution is -2.58. The highest BCUT2D eigenvalue weighted by atomic mass is 16.2. The number of carbonyl (C=O) groups is 2. The van der Waals surface area contributed by atoms with Gasteiger partial charge in [-0.2, -0.15) is 10.5 Å². The maximum Gasteiger partial charge on any atom is 0.244 e. The van der Waals surface area contributed by atoms with Crippen molar-refractivity contribution in [2.45, 2.75) is 12.3 Å². The van der Waals surface area contributed by atoms with Crippen LogP contribution in [0.4, 0.5) is 0 Å². The molecule has 1 heterocycles. The summed E-state index contributed by atoms with van der Waals surface area (Å²) in [6, 6.07) is 17.0. The lowest BCUT2D eigenvalue weighted by atomic mass is 9.61. The average Bonchev–Trinajstić information content (AvgIpc) is 2.54. The van der Waals surface area contributed by atoms with Crippen molar-refractivity contribution in [1.29, 1.82) is 10.5 Å². The molecule has 1 aliphatic rings. The molecule has 2 atom stereocenters. The molecule has 1 saturated heterocycles. The molecule has 2 amide bonds. The first-order valence-corrected chi connectivity index (χ1v) is 7.16. The maximum atomic E-state index is 12.2. The van der Waals surface area contributed by atoms with Crippen LogP contribution < -0.4 is 5.32 Å². The number of nitrogens with zero attached hydrogens (tertiary/aromatic N) is 2. The topological polar surface area (TPSA) is 93.8 Å². The molecule has 112 valence electrons. The molecule has 1 N–H and O–H groups in total. The number of benzene rings is 2. The SMILES string of the molecule is CC1(c2cccc3ccccc23)C(C#N)C(=O)NC(=O)C1C#N. The molecule has 2 aromatic rings. The van der Waals surface area contributed by atoms with Crippen molar-refractivity contribution in [3.63, 3.8) is 0 Å². The predicted molar refractivity (Wildman–Crippen MR) is 82.7 cm³/mol. The highest BCUT2D eigenvalue weighted by molar-refractivity contribution is 6.05. The molecule has 23 heavy (non-hydrogen) atoms. The smallest absolute Gasteiger partial charge is 0.244 e. The Balaban J connectivity index is 2.35. The molecule has 2 aromatic carbocycles. The molecule has 1 aliphatic heterocycles. The van der Waals surface area contributed by atoms with Gasteiger partial charge in [-0.3, -0.25) is 14.9 Å². The van der Waals surface area contributed by atoms with Crippen LogP contribution in [0, 0.1) is 34.5 Å². The first-order chi connectivity index (χ1) is 11.0. The molecule has 1 fully saturated rings. The normalized spacial score (nSPS) is 27.1. The molecular formula is C18H13N3O2. The van der Waals surface area contributed by atoms with Crippen molar-refractivity contribution in [1.82, 2.24) is 5.32 Å². The van der Waals surface area contributed by atoms with E-state index in [-0.39, 0.29) is 0 Å². The first kappa shape index (κ1) is 14.7. The van der Waals surface area contributed by atoms with Crippen LogP contribution in [-0.2, 0) is 15.0 Å². The molecule has 0 radical (unpaired) electrons. The van der Waals surface area contributed by atoms with Crippen LogP contribution in [0.1, 0.15) is 12.5 Å². The maximum absolute atomic E-state index is 12.2. The van der Waals surface area contributed by atoms with E-state index in [0.29, 0.717) is 5.56 Å². The van der Waals surface area contributed by atoms with Gasteiger partial charge in [-0.15, -0.1) is 0 Å². The van der Waals surface area contributed by atoms with Crippen molar-refractivity contribution in [2.75, 3.05) is 0 Å². The number of hydrogen-bond donors (Lipinski definition) is 1. The second-order valence-corrected chi connectivity index (χ2v) is 5.79. The van der Waals surface area contributed by atoms with Gasteiger partial charge in [0.15, 0.2) is 0 Å². The quantitative estimate of drug-likeness (QED) is 0.816. The van der Waals surface area contributed by atoms with Gasteiger partial charge in [0.05, 0.1) is 12.1 Å². The number of piperidine rings is 1. The van der Waals surface area contributed by atoms with E-state index >= 15 is 0 Å². The van der Waals surface area contributed by atoms with E-state index in [2.05, 4.69) is 5.32 Å². The third-order valence-electron chi connectivity index (χ3n) is 4.60. The third kappa shape index (κ3) is 1.98. The number of nitrogens with one attached hydrogen (secondary N) is 1. The Morgan fingerprint density at radius 2 is 1.52 bits per heavy atom. The van der Waals surface area contributed by atoms with Gasteiger partial charge in [-0.1, -0.05) is 49.4 Å². The van der Waals surface area contributed by atoms with Gasteiger partial charge in [-0.25, -0.2) is 0 Å². The second kappa shape index (κ2) is 5.23. The summed E-state index contributed by atoms with van der Waals surface area (Å²) in [5.74, 6) is -3.54. The first-order valence-electron chi connectivity index (χ1n) is 7.16. The van der Waals surface area contributed by atoms with Crippen LogP contribution in [0.3, 0.4) is 0 Å². The van der Waals surface area contributed by atoms with Gasteiger partial charge in [0.25, 0.3) is 0 Å². The zero-order chi connectivity index (χ0) is 16.6. The summed E-state index contributed by atoms with van der Waals surface area (Å²) < 4.78 is 0. The number of rotatable bonds is 1. The van der Waals surface area contributed by atoms with Gasteiger partial charge in [0, 0.05) is 5.41 Å². The number of nitriles is 2. The van der Waals surface area contributed by atoms with E-state index < -0.39 is 29.1 Å². The number of amides is 2. The van der Waals surface area contributed by atoms with E-state index in [4.69, 9.17) is 0 Å². The third-order valence-corrected chi connectivity index (χ3v) is 4.60. The van der Waals surface area contributed by atoms with Gasteiger partial charge in [0.2, 0.25) is 11.8 Å². The standard InChI is InChI=1S/C18H13N3O2/c1-18(13-8-4-6-11-5-2-3-7-12(11)13)14(9-19)16(22)21-17(23)15(18)10-20/h2-8,14-15H,1H3,(H,21,22,23). The summed E-state index contributed by atoms with van der Waals surface area (Å²) in [6.45, 7) is 1.65. The Hall–Kier alpha value is -3.18. The molecule has 5 heteroatoms. The molecule has 2 unspecified atom stereocenters. The molecule has 5 nitrogen and oxygen atoms in total. The zero-order valence-electron chi connectivity index (χ0n) is 12.4. The van der Waals surface area contributed by atoms with E-state index in [1.807, 2.05) is 48.5 Å². The Morgan fingerprint density at radius 3 is 2.13 bits per heavy atom. The molecule has 0 aliphatic carbocycles. The summed E-state index contributed by atoms with van der Waals surface area (Å²) >= 11 is 0. The van der Waals surface area contributed by atoms with Crippen LogP contribution in [0.5, 0.6) is 0 Å². The number of hydrogen-bond acceptors (Lipinski definition) is 4. The van der Waals surface area contributed by atoms with E-state index in [1.54, 1.807) is 13.0 Å². The Bertz CT molecular complexity index is 867. The zero-order valence-corrected chi connectivity index (χ0v) is 12.4. The van der Waals surface area contributed by atoms with Crippen molar-refractivity contribution < 1.29 is 9.59 Å².